The van der Waals surface area contributed by atoms with Crippen LogP contribution in [0.15, 0.2) is 30.5 Å². The first-order valence-electron chi connectivity index (χ1n) is 13.7. The lowest BCUT2D eigenvalue weighted by molar-refractivity contribution is 0.331. The van der Waals surface area contributed by atoms with Gasteiger partial charge in [-0.15, -0.1) is 0 Å². The Hall–Kier alpha value is -3.15. The summed E-state index contributed by atoms with van der Waals surface area (Å²) in [6.07, 6.45) is 1.87. The van der Waals surface area contributed by atoms with Crippen LogP contribution in [0.3, 0.4) is 0 Å². The van der Waals surface area contributed by atoms with Gasteiger partial charge in [0.1, 0.15) is 34.3 Å². The van der Waals surface area contributed by atoms with E-state index < -0.39 is 11.0 Å². The van der Waals surface area contributed by atoms with Crippen molar-refractivity contribution in [1.82, 2.24) is 24.7 Å². The third-order valence-corrected chi connectivity index (χ3v) is 9.16. The number of fused-ring (bicyclic) bond motifs is 2. The zero-order chi connectivity index (χ0) is 28.6. The van der Waals surface area contributed by atoms with E-state index >= 15 is 0 Å². The second-order valence-electron chi connectivity index (χ2n) is 10.8. The first-order valence-corrected chi connectivity index (χ1v) is 15.7. The van der Waals surface area contributed by atoms with E-state index in [0.717, 1.165) is 55.7 Å². The van der Waals surface area contributed by atoms with Crippen LogP contribution in [-0.2, 0) is 17.5 Å². The maximum Gasteiger partial charge on any atom is 0.182 e. The third kappa shape index (κ3) is 5.96. The molecule has 1 aliphatic rings. The number of pyridine rings is 1. The van der Waals surface area contributed by atoms with E-state index in [4.69, 9.17) is 20.4 Å². The fraction of sp³-hybridized carbons (Fsp3) is 0.448. The third-order valence-electron chi connectivity index (χ3n) is 7.05. The van der Waals surface area contributed by atoms with Crippen molar-refractivity contribution in [3.63, 3.8) is 0 Å². The number of hydrogen-bond acceptors (Lipinski definition) is 9. The summed E-state index contributed by atoms with van der Waals surface area (Å²) in [7, 11) is -1.09. The predicted molar refractivity (Wildman–Crippen MR) is 164 cm³/mol. The highest BCUT2D eigenvalue weighted by Crippen LogP contribution is 2.35. The van der Waals surface area contributed by atoms with E-state index in [1.54, 1.807) is 0 Å². The first kappa shape index (κ1) is 28.4. The van der Waals surface area contributed by atoms with Crippen LogP contribution in [0, 0.1) is 6.92 Å². The monoisotopic (exact) mass is 579 g/mol. The van der Waals surface area contributed by atoms with Gasteiger partial charge in [0.25, 0.3) is 0 Å². The molecule has 9 nitrogen and oxygen atoms in total. The summed E-state index contributed by atoms with van der Waals surface area (Å²) in [5.41, 5.74) is 11.9. The van der Waals surface area contributed by atoms with Gasteiger partial charge in [-0.2, -0.15) is 0 Å². The molecule has 4 aromatic rings. The van der Waals surface area contributed by atoms with Crippen LogP contribution in [-0.4, -0.2) is 49.1 Å². The number of nitrogens with two attached hydrogens (primary N) is 1. The number of nitrogen functional groups attached to an aromatic ring is 1. The fourth-order valence-corrected chi connectivity index (χ4v) is 6.35. The molecule has 0 amide bonds. The summed E-state index contributed by atoms with van der Waals surface area (Å²) in [5.74, 6) is 2.84. The number of rotatable bonds is 8. The maximum atomic E-state index is 12.3. The Balaban J connectivity index is 1.47. The van der Waals surface area contributed by atoms with E-state index in [2.05, 4.69) is 59.4 Å². The van der Waals surface area contributed by atoms with Gasteiger partial charge in [-0.25, -0.2) is 28.9 Å². The van der Waals surface area contributed by atoms with Gasteiger partial charge in [0.2, 0.25) is 0 Å². The number of hydrogen-bond donors (Lipinski definition) is 2. The Labute approximate surface area is 242 Å². The van der Waals surface area contributed by atoms with Gasteiger partial charge in [0.05, 0.1) is 17.5 Å². The van der Waals surface area contributed by atoms with Crippen LogP contribution in [0.25, 0.3) is 21.5 Å². The summed E-state index contributed by atoms with van der Waals surface area (Å²) >= 11 is 1.39. The lowest BCUT2D eigenvalue weighted by atomic mass is 10.00. The highest BCUT2D eigenvalue weighted by molar-refractivity contribution is 7.83. The number of benzene rings is 1. The maximum absolute atomic E-state index is 12.3. The molecule has 0 saturated carbocycles. The van der Waals surface area contributed by atoms with Crippen molar-refractivity contribution >= 4 is 43.6 Å². The summed E-state index contributed by atoms with van der Waals surface area (Å²) < 4.78 is 21.6. The molecule has 0 bridgehead atoms. The van der Waals surface area contributed by atoms with Gasteiger partial charge in [-0.1, -0.05) is 38.2 Å². The molecule has 0 aliphatic carbocycles. The molecule has 3 aromatic heterocycles. The second-order valence-corrected chi connectivity index (χ2v) is 13.7. The van der Waals surface area contributed by atoms with Gasteiger partial charge in [-0.3, -0.25) is 0 Å². The van der Waals surface area contributed by atoms with Crippen molar-refractivity contribution < 1.29 is 8.95 Å². The minimum atomic E-state index is -1.09. The van der Waals surface area contributed by atoms with E-state index in [-0.39, 0.29) is 17.1 Å². The molecule has 1 unspecified atom stereocenters. The standard InChI is InChI=1S/C29H37N7O2S2/c1-16(2)25-19(6)33-26(18(5)13-32-40(37)17(3)4)35-27(25)36-9-10-38-24-8-7-20(11-22(24)15-36)21-12-23-28(31-14-21)39-29(30)34-23/h7-8,11-12,14,16-18,32H,9-10,13,15H2,1-6H3,(H2,30,34)/t18-,40?/m1/s1. The lowest BCUT2D eigenvalue weighted by Gasteiger charge is -2.27. The van der Waals surface area contributed by atoms with Crippen LogP contribution in [0.2, 0.25) is 0 Å². The summed E-state index contributed by atoms with van der Waals surface area (Å²) in [6, 6.07) is 8.31. The summed E-state index contributed by atoms with van der Waals surface area (Å²) in [5, 5.41) is 0.567. The number of aryl methyl sites for hydroxylation is 1. The van der Waals surface area contributed by atoms with Gasteiger partial charge in [0.15, 0.2) is 5.13 Å². The Kier molecular flexibility index (Phi) is 8.34. The molecule has 212 valence electrons. The number of nitrogens with zero attached hydrogens (tertiary/aromatic N) is 5. The number of nitrogens with one attached hydrogen (secondary N) is 1. The van der Waals surface area contributed by atoms with Crippen LogP contribution >= 0.6 is 11.3 Å². The van der Waals surface area contributed by atoms with Crippen LogP contribution in [0.5, 0.6) is 5.75 Å². The van der Waals surface area contributed by atoms with Gasteiger partial charge in [-0.05, 0) is 50.5 Å². The minimum Gasteiger partial charge on any atom is -0.491 e. The highest BCUT2D eigenvalue weighted by Gasteiger charge is 2.25. The predicted octanol–water partition coefficient (Wildman–Crippen LogP) is 5.33. The number of ether oxygens (including phenoxy) is 1. The molecule has 0 spiro atoms. The van der Waals surface area contributed by atoms with Crippen molar-refractivity contribution in [2.75, 3.05) is 30.3 Å². The Bertz CT molecular complexity index is 1550. The molecule has 0 saturated heterocycles. The number of aromatic nitrogens is 4. The quantitative estimate of drug-likeness (QED) is 0.288. The van der Waals surface area contributed by atoms with Crippen LogP contribution in [0.1, 0.15) is 69.1 Å². The molecule has 3 N–H and O–H groups in total. The van der Waals surface area contributed by atoms with Crippen molar-refractivity contribution in [2.24, 2.45) is 0 Å². The minimum absolute atomic E-state index is 0.00523. The Morgan fingerprint density at radius 2 is 1.93 bits per heavy atom. The molecule has 2 atom stereocenters. The number of thiazole rings is 1. The summed E-state index contributed by atoms with van der Waals surface area (Å²) in [4.78, 5) is 22.1. The molecule has 4 heterocycles. The molecule has 40 heavy (non-hydrogen) atoms. The normalized spacial score (nSPS) is 15.2. The zero-order valence-electron chi connectivity index (χ0n) is 23.9. The lowest BCUT2D eigenvalue weighted by Crippen LogP contribution is -2.31. The summed E-state index contributed by atoms with van der Waals surface area (Å²) in [6.45, 7) is 14.8. The average molecular weight is 580 g/mol. The highest BCUT2D eigenvalue weighted by atomic mass is 32.2. The zero-order valence-corrected chi connectivity index (χ0v) is 25.5. The van der Waals surface area contributed by atoms with Gasteiger partial charge >= 0.3 is 0 Å². The SMILES string of the molecule is Cc1nc([C@H](C)CNS(=O)C(C)C)nc(N2CCOc3ccc(-c4cnc5sc(N)nc5c4)cc3C2)c1C(C)C. The molecule has 0 fully saturated rings. The molecular formula is C29H37N7O2S2. The second kappa shape index (κ2) is 11.8. The van der Waals surface area contributed by atoms with Crippen LogP contribution < -0.4 is 20.1 Å². The van der Waals surface area contributed by atoms with E-state index in [0.29, 0.717) is 31.4 Å². The molecule has 0 radical (unpaired) electrons. The van der Waals surface area contributed by atoms with Crippen molar-refractivity contribution in [3.8, 4) is 16.9 Å². The smallest absolute Gasteiger partial charge is 0.182 e. The van der Waals surface area contributed by atoms with Crippen molar-refractivity contribution in [2.45, 2.75) is 65.2 Å². The fourth-order valence-electron chi connectivity index (χ4n) is 4.94. The molecule has 1 aromatic carbocycles. The van der Waals surface area contributed by atoms with Crippen LogP contribution in [0.4, 0.5) is 10.9 Å². The van der Waals surface area contributed by atoms with E-state index in [9.17, 15) is 4.21 Å². The average Bonchev–Trinajstić information content (AvgIpc) is 3.16. The molecular weight excluding hydrogens is 543 g/mol. The Morgan fingerprint density at radius 3 is 2.67 bits per heavy atom. The van der Waals surface area contributed by atoms with E-state index in [1.165, 1.54) is 11.3 Å². The van der Waals surface area contributed by atoms with Gasteiger partial charge in [0, 0.05) is 52.8 Å². The van der Waals surface area contributed by atoms with E-state index in [1.807, 2.05) is 32.2 Å². The number of anilines is 2. The molecule has 11 heteroatoms. The Morgan fingerprint density at radius 1 is 1.12 bits per heavy atom. The largest absolute Gasteiger partial charge is 0.491 e. The van der Waals surface area contributed by atoms with Crippen molar-refractivity contribution in [3.05, 3.63) is 53.1 Å². The van der Waals surface area contributed by atoms with Crippen molar-refractivity contribution in [1.29, 1.82) is 0 Å². The first-order chi connectivity index (χ1) is 19.1. The topological polar surface area (TPSA) is 119 Å². The molecule has 5 rings (SSSR count). The van der Waals surface area contributed by atoms with Gasteiger partial charge < -0.3 is 15.4 Å². The molecule has 1 aliphatic heterocycles.